The third-order valence-corrected chi connectivity index (χ3v) is 4.15. The molecule has 0 amide bonds. The van der Waals surface area contributed by atoms with E-state index in [1.54, 1.807) is 55.6 Å². The van der Waals surface area contributed by atoms with Crippen molar-refractivity contribution in [3.8, 4) is 5.75 Å². The van der Waals surface area contributed by atoms with Gasteiger partial charge < -0.3 is 14.9 Å². The lowest BCUT2D eigenvalue weighted by molar-refractivity contribution is -0.0862. The highest BCUT2D eigenvalue weighted by atomic mass is 19.1. The molecule has 3 nitrogen and oxygen atoms in total. The summed E-state index contributed by atoms with van der Waals surface area (Å²) in [5.74, 6) is 0.633. The molecule has 21 heavy (non-hydrogen) atoms. The number of hydrogen-bond acceptors (Lipinski definition) is 3. The largest absolute Gasteiger partial charge is 0.497 e. The fraction of sp³-hybridized carbons (Fsp3) is 0.294. The fourth-order valence-electron chi connectivity index (χ4n) is 2.92. The van der Waals surface area contributed by atoms with E-state index in [4.69, 9.17) is 4.74 Å². The summed E-state index contributed by atoms with van der Waals surface area (Å²) in [5.41, 5.74) is -0.407. The van der Waals surface area contributed by atoms with Gasteiger partial charge in [0.25, 0.3) is 0 Å². The second kappa shape index (κ2) is 5.13. The third-order valence-electron chi connectivity index (χ3n) is 4.15. The molecule has 0 bridgehead atoms. The first-order valence-electron chi connectivity index (χ1n) is 6.83. The smallest absolute Gasteiger partial charge is 0.174 e. The normalized spacial score (nSPS) is 25.4. The quantitative estimate of drug-likeness (QED) is 0.913. The standard InChI is InChI=1S/C17H17FO3/c1-21-13-8-6-11(7-9-13)15(19)17(18)10-12-4-2-3-5-14(12)16(17)20/h2-9,15-16,19-20H,10H2,1H3/t15-,16-,17-/m0/s1. The van der Waals surface area contributed by atoms with Gasteiger partial charge in [-0.2, -0.15) is 0 Å². The second-order valence-electron chi connectivity index (χ2n) is 5.38. The summed E-state index contributed by atoms with van der Waals surface area (Å²) in [6.45, 7) is 0. The Morgan fingerprint density at radius 1 is 1.19 bits per heavy atom. The zero-order valence-corrected chi connectivity index (χ0v) is 11.7. The minimum atomic E-state index is -2.11. The Hall–Kier alpha value is -1.91. The van der Waals surface area contributed by atoms with Gasteiger partial charge in [-0.1, -0.05) is 36.4 Å². The molecule has 0 heterocycles. The molecule has 0 aliphatic heterocycles. The predicted molar refractivity (Wildman–Crippen MR) is 76.9 cm³/mol. The third kappa shape index (κ3) is 2.20. The predicted octanol–water partition coefficient (Wildman–Crippen LogP) is 2.73. The lowest BCUT2D eigenvalue weighted by Gasteiger charge is -2.29. The summed E-state index contributed by atoms with van der Waals surface area (Å²) in [5, 5.41) is 20.7. The van der Waals surface area contributed by atoms with Gasteiger partial charge in [0.05, 0.1) is 7.11 Å². The van der Waals surface area contributed by atoms with Crippen molar-refractivity contribution in [2.45, 2.75) is 24.3 Å². The van der Waals surface area contributed by atoms with Crippen molar-refractivity contribution >= 4 is 0 Å². The maximum absolute atomic E-state index is 15.2. The van der Waals surface area contributed by atoms with Gasteiger partial charge in [-0.25, -0.2) is 4.39 Å². The number of methoxy groups -OCH3 is 1. The van der Waals surface area contributed by atoms with Gasteiger partial charge in [-0.3, -0.25) is 0 Å². The van der Waals surface area contributed by atoms with Gasteiger partial charge in [0.1, 0.15) is 18.0 Å². The Bertz CT molecular complexity index is 641. The Kier molecular flexibility index (Phi) is 3.43. The molecule has 1 aliphatic carbocycles. The number of ether oxygens (including phenoxy) is 1. The molecule has 0 saturated heterocycles. The van der Waals surface area contributed by atoms with E-state index < -0.39 is 17.9 Å². The van der Waals surface area contributed by atoms with E-state index >= 15 is 4.39 Å². The molecule has 0 unspecified atom stereocenters. The number of benzene rings is 2. The minimum absolute atomic E-state index is 0.00244. The highest BCUT2D eigenvalue weighted by molar-refractivity contribution is 5.41. The molecule has 2 aromatic rings. The highest BCUT2D eigenvalue weighted by Gasteiger charge is 2.51. The van der Waals surface area contributed by atoms with E-state index in [1.807, 2.05) is 0 Å². The first kappa shape index (κ1) is 14.0. The molecule has 3 rings (SSSR count). The Balaban J connectivity index is 1.92. The maximum Gasteiger partial charge on any atom is 0.174 e. The first-order valence-corrected chi connectivity index (χ1v) is 6.83. The number of aliphatic hydroxyl groups excluding tert-OH is 2. The van der Waals surface area contributed by atoms with E-state index in [0.29, 0.717) is 16.9 Å². The number of aliphatic hydroxyl groups is 2. The van der Waals surface area contributed by atoms with Crippen LogP contribution in [-0.2, 0) is 6.42 Å². The Morgan fingerprint density at radius 2 is 1.86 bits per heavy atom. The Morgan fingerprint density at radius 3 is 2.48 bits per heavy atom. The van der Waals surface area contributed by atoms with Gasteiger partial charge in [0.15, 0.2) is 5.67 Å². The molecule has 110 valence electrons. The van der Waals surface area contributed by atoms with Crippen molar-refractivity contribution in [1.29, 1.82) is 0 Å². The zero-order valence-electron chi connectivity index (χ0n) is 11.7. The second-order valence-corrected chi connectivity index (χ2v) is 5.38. The number of rotatable bonds is 3. The van der Waals surface area contributed by atoms with Crippen molar-refractivity contribution in [2.75, 3.05) is 7.11 Å². The molecule has 0 saturated carbocycles. The van der Waals surface area contributed by atoms with Gasteiger partial charge in [-0.15, -0.1) is 0 Å². The monoisotopic (exact) mass is 288 g/mol. The SMILES string of the molecule is COc1ccc([C@H](O)[C@@]2(F)Cc3ccccc3[C@@H]2O)cc1. The van der Waals surface area contributed by atoms with Crippen LogP contribution in [0.4, 0.5) is 4.39 Å². The van der Waals surface area contributed by atoms with Crippen LogP contribution in [0.3, 0.4) is 0 Å². The van der Waals surface area contributed by atoms with Crippen LogP contribution in [0.25, 0.3) is 0 Å². The summed E-state index contributed by atoms with van der Waals surface area (Å²) in [4.78, 5) is 0. The van der Waals surface area contributed by atoms with Crippen molar-refractivity contribution in [2.24, 2.45) is 0 Å². The number of hydrogen-bond donors (Lipinski definition) is 2. The average molecular weight is 288 g/mol. The topological polar surface area (TPSA) is 49.7 Å². The molecular formula is C17H17FO3. The van der Waals surface area contributed by atoms with Crippen LogP contribution >= 0.6 is 0 Å². The van der Waals surface area contributed by atoms with Crippen LogP contribution in [0.5, 0.6) is 5.75 Å². The molecule has 0 radical (unpaired) electrons. The molecule has 0 aromatic heterocycles. The lowest BCUT2D eigenvalue weighted by atomic mass is 9.88. The van der Waals surface area contributed by atoms with Crippen LogP contribution in [0, 0.1) is 0 Å². The molecule has 2 aromatic carbocycles. The van der Waals surface area contributed by atoms with Crippen LogP contribution in [-0.4, -0.2) is 23.0 Å². The van der Waals surface area contributed by atoms with Crippen LogP contribution in [0.1, 0.15) is 28.9 Å². The van der Waals surface area contributed by atoms with Gasteiger partial charge >= 0.3 is 0 Å². The van der Waals surface area contributed by atoms with Gasteiger partial charge in [0, 0.05) is 6.42 Å². The van der Waals surface area contributed by atoms with Crippen LogP contribution in [0.15, 0.2) is 48.5 Å². The average Bonchev–Trinajstić information content (AvgIpc) is 2.79. The van der Waals surface area contributed by atoms with E-state index in [9.17, 15) is 10.2 Å². The molecule has 4 heteroatoms. The van der Waals surface area contributed by atoms with Crippen molar-refractivity contribution < 1.29 is 19.3 Å². The van der Waals surface area contributed by atoms with E-state index in [-0.39, 0.29) is 6.42 Å². The van der Waals surface area contributed by atoms with Gasteiger partial charge in [-0.05, 0) is 28.8 Å². The molecule has 1 aliphatic rings. The summed E-state index contributed by atoms with van der Waals surface area (Å²) in [6, 6.07) is 13.6. The fourth-order valence-corrected chi connectivity index (χ4v) is 2.92. The summed E-state index contributed by atoms with van der Waals surface area (Å²) in [6.07, 6.45) is -2.73. The summed E-state index contributed by atoms with van der Waals surface area (Å²) >= 11 is 0. The molecule has 0 fully saturated rings. The van der Waals surface area contributed by atoms with Crippen LogP contribution in [0.2, 0.25) is 0 Å². The summed E-state index contributed by atoms with van der Waals surface area (Å²) < 4.78 is 20.3. The Labute approximate surface area is 122 Å². The maximum atomic E-state index is 15.2. The van der Waals surface area contributed by atoms with Crippen LogP contribution < -0.4 is 4.74 Å². The number of fused-ring (bicyclic) bond motifs is 1. The van der Waals surface area contributed by atoms with Gasteiger partial charge in [0.2, 0.25) is 0 Å². The molecule has 3 atom stereocenters. The van der Waals surface area contributed by atoms with E-state index in [2.05, 4.69) is 0 Å². The molecule has 0 spiro atoms. The highest BCUT2D eigenvalue weighted by Crippen LogP contribution is 2.48. The lowest BCUT2D eigenvalue weighted by Crippen LogP contribution is -2.36. The van der Waals surface area contributed by atoms with Crippen molar-refractivity contribution in [1.82, 2.24) is 0 Å². The summed E-state index contributed by atoms with van der Waals surface area (Å²) in [7, 11) is 1.54. The van der Waals surface area contributed by atoms with E-state index in [1.165, 1.54) is 0 Å². The molecular weight excluding hydrogens is 271 g/mol. The molecule has 2 N–H and O–H groups in total. The first-order chi connectivity index (χ1) is 10.1. The van der Waals surface area contributed by atoms with Crippen molar-refractivity contribution in [3.05, 3.63) is 65.2 Å². The van der Waals surface area contributed by atoms with Crippen molar-refractivity contribution in [3.63, 3.8) is 0 Å². The number of halogens is 1. The minimum Gasteiger partial charge on any atom is -0.497 e. The van der Waals surface area contributed by atoms with E-state index in [0.717, 1.165) is 5.56 Å². The zero-order chi connectivity index (χ0) is 15.0. The number of alkyl halides is 1.